The van der Waals surface area contributed by atoms with Crippen LogP contribution in [-0.2, 0) is 4.79 Å². The van der Waals surface area contributed by atoms with Gasteiger partial charge in [0, 0.05) is 12.1 Å². The average molecular weight is 305 g/mol. The number of hydrogen-bond donors (Lipinski definition) is 2. The van der Waals surface area contributed by atoms with Gasteiger partial charge in [0.1, 0.15) is 0 Å². The van der Waals surface area contributed by atoms with E-state index in [4.69, 9.17) is 13.9 Å². The van der Waals surface area contributed by atoms with Crippen LogP contribution in [0.2, 0.25) is 0 Å². The summed E-state index contributed by atoms with van der Waals surface area (Å²) in [5, 5.41) is 12.5. The Labute approximate surface area is 128 Å². The van der Waals surface area contributed by atoms with Gasteiger partial charge in [-0.05, 0) is 24.6 Å². The molecule has 2 rings (SSSR count). The van der Waals surface area contributed by atoms with Crippen molar-refractivity contribution in [3.63, 3.8) is 0 Å². The maximum atomic E-state index is 11.7. The number of benzene rings is 1. The average Bonchev–Trinajstić information content (AvgIpc) is 3.07. The Morgan fingerprint density at radius 3 is 2.77 bits per heavy atom. The predicted molar refractivity (Wildman–Crippen MR) is 79.8 cm³/mol. The first-order chi connectivity index (χ1) is 10.7. The summed E-state index contributed by atoms with van der Waals surface area (Å²) >= 11 is 0. The molecule has 1 aromatic heterocycles. The number of carbonyl (C=O) groups is 1. The fourth-order valence-electron chi connectivity index (χ4n) is 1.91. The van der Waals surface area contributed by atoms with Crippen LogP contribution in [0.3, 0.4) is 0 Å². The van der Waals surface area contributed by atoms with E-state index in [9.17, 15) is 9.90 Å². The van der Waals surface area contributed by atoms with Crippen molar-refractivity contribution in [2.75, 3.05) is 20.3 Å². The van der Waals surface area contributed by atoms with E-state index in [0.29, 0.717) is 30.0 Å². The lowest BCUT2D eigenvalue weighted by molar-refractivity contribution is -0.123. The number of ether oxygens (including phenoxy) is 2. The Balaban J connectivity index is 1.70. The summed E-state index contributed by atoms with van der Waals surface area (Å²) in [5.41, 5.74) is 0.694. The fraction of sp³-hybridized carbons (Fsp3) is 0.312. The maximum Gasteiger partial charge on any atom is 0.257 e. The molecule has 6 heteroatoms. The van der Waals surface area contributed by atoms with Crippen molar-refractivity contribution in [1.29, 1.82) is 0 Å². The van der Waals surface area contributed by atoms with Gasteiger partial charge in [0.15, 0.2) is 18.1 Å². The van der Waals surface area contributed by atoms with E-state index in [0.717, 1.165) is 0 Å². The maximum absolute atomic E-state index is 11.7. The molecule has 2 aromatic rings. The van der Waals surface area contributed by atoms with Crippen LogP contribution < -0.4 is 14.8 Å². The molecule has 0 radical (unpaired) electrons. The van der Waals surface area contributed by atoms with Gasteiger partial charge in [-0.25, -0.2) is 0 Å². The molecule has 0 aliphatic rings. The van der Waals surface area contributed by atoms with Crippen molar-refractivity contribution in [3.05, 3.63) is 48.4 Å². The van der Waals surface area contributed by atoms with Gasteiger partial charge in [0.05, 0.1) is 25.7 Å². The standard InChI is InChI=1S/C16H19NO5/c1-20-14-4-2-3-5-15(14)22-11-16(19)17-8-6-13(18)12-7-9-21-10-12/h2-5,7,9-10,13,18H,6,8,11H2,1H3,(H,17,19). The number of hydrogen-bond acceptors (Lipinski definition) is 5. The minimum atomic E-state index is -0.658. The quantitative estimate of drug-likeness (QED) is 0.778. The Hall–Kier alpha value is -2.47. The molecule has 1 aromatic carbocycles. The summed E-state index contributed by atoms with van der Waals surface area (Å²) in [6, 6.07) is 8.81. The third-order valence-electron chi connectivity index (χ3n) is 3.10. The second-order valence-electron chi connectivity index (χ2n) is 4.65. The molecule has 2 N–H and O–H groups in total. The van der Waals surface area contributed by atoms with Crippen LogP contribution in [0.4, 0.5) is 0 Å². The van der Waals surface area contributed by atoms with Gasteiger partial charge in [0.25, 0.3) is 5.91 Å². The third-order valence-corrected chi connectivity index (χ3v) is 3.10. The lowest BCUT2D eigenvalue weighted by Crippen LogP contribution is -2.30. The van der Waals surface area contributed by atoms with E-state index in [-0.39, 0.29) is 12.5 Å². The third kappa shape index (κ3) is 4.53. The molecule has 0 saturated carbocycles. The van der Waals surface area contributed by atoms with Crippen LogP contribution in [0.15, 0.2) is 47.3 Å². The molecule has 6 nitrogen and oxygen atoms in total. The zero-order valence-corrected chi connectivity index (χ0v) is 12.3. The van der Waals surface area contributed by atoms with Crippen LogP contribution in [0, 0.1) is 0 Å². The van der Waals surface area contributed by atoms with E-state index in [2.05, 4.69) is 5.32 Å². The van der Waals surface area contributed by atoms with Gasteiger partial charge in [-0.2, -0.15) is 0 Å². The minimum absolute atomic E-state index is 0.109. The molecule has 0 fully saturated rings. The Kier molecular flexibility index (Phi) is 5.85. The Morgan fingerprint density at radius 2 is 2.09 bits per heavy atom. The number of aliphatic hydroxyl groups excluding tert-OH is 1. The van der Waals surface area contributed by atoms with Crippen molar-refractivity contribution in [3.8, 4) is 11.5 Å². The highest BCUT2D eigenvalue weighted by Crippen LogP contribution is 2.25. The number of furan rings is 1. The zero-order chi connectivity index (χ0) is 15.8. The van der Waals surface area contributed by atoms with Crippen molar-refractivity contribution >= 4 is 5.91 Å². The van der Waals surface area contributed by atoms with Gasteiger partial charge in [-0.15, -0.1) is 0 Å². The van der Waals surface area contributed by atoms with Gasteiger partial charge < -0.3 is 24.3 Å². The summed E-state index contributed by atoms with van der Waals surface area (Å²) in [6.07, 6.45) is 2.73. The molecule has 0 aliphatic heterocycles. The number of para-hydroxylation sites is 2. The first kappa shape index (κ1) is 15.9. The molecule has 0 aliphatic carbocycles. The number of nitrogens with one attached hydrogen (secondary N) is 1. The molecule has 1 heterocycles. The largest absolute Gasteiger partial charge is 0.493 e. The van der Waals surface area contributed by atoms with E-state index >= 15 is 0 Å². The monoisotopic (exact) mass is 305 g/mol. The summed E-state index contributed by atoms with van der Waals surface area (Å²) in [7, 11) is 1.54. The van der Waals surface area contributed by atoms with Crippen molar-refractivity contribution < 1.29 is 23.8 Å². The number of aliphatic hydroxyl groups is 1. The number of carbonyl (C=O) groups excluding carboxylic acids is 1. The first-order valence-electron chi connectivity index (χ1n) is 6.93. The number of methoxy groups -OCH3 is 1. The van der Waals surface area contributed by atoms with Crippen LogP contribution in [0.5, 0.6) is 11.5 Å². The molecular formula is C16H19NO5. The van der Waals surface area contributed by atoms with E-state index in [1.54, 1.807) is 31.4 Å². The molecule has 0 spiro atoms. The normalized spacial score (nSPS) is 11.7. The van der Waals surface area contributed by atoms with Crippen LogP contribution in [0.1, 0.15) is 18.1 Å². The summed E-state index contributed by atoms with van der Waals surface area (Å²) in [6.45, 7) is 0.239. The summed E-state index contributed by atoms with van der Waals surface area (Å²) in [4.78, 5) is 11.7. The molecule has 1 amide bonds. The highest BCUT2D eigenvalue weighted by Gasteiger charge is 2.10. The predicted octanol–water partition coefficient (Wildman–Crippen LogP) is 1.91. The molecule has 1 atom stereocenters. The first-order valence-corrected chi connectivity index (χ1v) is 6.93. The van der Waals surface area contributed by atoms with E-state index in [1.165, 1.54) is 12.5 Å². The second kappa shape index (κ2) is 8.09. The van der Waals surface area contributed by atoms with Crippen LogP contribution in [-0.4, -0.2) is 31.3 Å². The van der Waals surface area contributed by atoms with Crippen molar-refractivity contribution in [2.24, 2.45) is 0 Å². The fourth-order valence-corrected chi connectivity index (χ4v) is 1.91. The van der Waals surface area contributed by atoms with E-state index in [1.807, 2.05) is 6.07 Å². The topological polar surface area (TPSA) is 80.9 Å². The van der Waals surface area contributed by atoms with Gasteiger partial charge in [0.2, 0.25) is 0 Å². The van der Waals surface area contributed by atoms with Crippen molar-refractivity contribution in [1.82, 2.24) is 5.32 Å². The zero-order valence-electron chi connectivity index (χ0n) is 12.3. The molecule has 0 bridgehead atoms. The highest BCUT2D eigenvalue weighted by molar-refractivity contribution is 5.77. The van der Waals surface area contributed by atoms with E-state index < -0.39 is 6.10 Å². The lowest BCUT2D eigenvalue weighted by Gasteiger charge is -2.11. The lowest BCUT2D eigenvalue weighted by atomic mass is 10.1. The highest BCUT2D eigenvalue weighted by atomic mass is 16.5. The molecular weight excluding hydrogens is 286 g/mol. The van der Waals surface area contributed by atoms with Crippen LogP contribution >= 0.6 is 0 Å². The SMILES string of the molecule is COc1ccccc1OCC(=O)NCCC(O)c1ccoc1. The number of amides is 1. The number of rotatable bonds is 8. The molecule has 0 saturated heterocycles. The summed E-state index contributed by atoms with van der Waals surface area (Å²) < 4.78 is 15.4. The second-order valence-corrected chi connectivity index (χ2v) is 4.65. The molecule has 22 heavy (non-hydrogen) atoms. The van der Waals surface area contributed by atoms with Gasteiger partial charge >= 0.3 is 0 Å². The molecule has 1 unspecified atom stereocenters. The smallest absolute Gasteiger partial charge is 0.257 e. The Bertz CT molecular complexity index is 582. The van der Waals surface area contributed by atoms with Crippen molar-refractivity contribution in [2.45, 2.75) is 12.5 Å². The minimum Gasteiger partial charge on any atom is -0.493 e. The van der Waals surface area contributed by atoms with Gasteiger partial charge in [-0.3, -0.25) is 4.79 Å². The summed E-state index contributed by atoms with van der Waals surface area (Å²) in [5.74, 6) is 0.828. The van der Waals surface area contributed by atoms with Crippen LogP contribution in [0.25, 0.3) is 0 Å². The van der Waals surface area contributed by atoms with Gasteiger partial charge in [-0.1, -0.05) is 12.1 Å². The Morgan fingerprint density at radius 1 is 1.32 bits per heavy atom. The molecule has 118 valence electrons.